The lowest BCUT2D eigenvalue weighted by molar-refractivity contribution is -0.387. The Labute approximate surface area is 135 Å². The van der Waals surface area contributed by atoms with E-state index in [2.05, 4.69) is 4.72 Å². The quantitative estimate of drug-likeness (QED) is 0.682. The third kappa shape index (κ3) is 3.68. The number of nitro groups is 1. The number of anilines is 1. The first-order valence-corrected chi connectivity index (χ1v) is 8.47. The van der Waals surface area contributed by atoms with Crippen LogP contribution in [0, 0.1) is 10.1 Å². The van der Waals surface area contributed by atoms with Gasteiger partial charge in [0.1, 0.15) is 0 Å². The van der Waals surface area contributed by atoms with Crippen molar-refractivity contribution in [1.82, 2.24) is 0 Å². The molecule has 0 unspecified atom stereocenters. The maximum Gasteiger partial charge on any atom is 0.289 e. The first-order chi connectivity index (χ1) is 10.6. The van der Waals surface area contributed by atoms with E-state index in [0.29, 0.717) is 5.69 Å². The Bertz CT molecular complexity index is 839. The summed E-state index contributed by atoms with van der Waals surface area (Å²) in [6.07, 6.45) is 0. The predicted octanol–water partition coefficient (Wildman–Crippen LogP) is 3.69. The monoisotopic (exact) mass is 334 g/mol. The minimum absolute atomic E-state index is 0.276. The van der Waals surface area contributed by atoms with Crippen LogP contribution < -0.4 is 4.72 Å². The summed E-state index contributed by atoms with van der Waals surface area (Å²) in [4.78, 5) is 10.0. The van der Waals surface area contributed by atoms with Crippen LogP contribution in [0.3, 0.4) is 0 Å². The van der Waals surface area contributed by atoms with Crippen LogP contribution in [0.5, 0.6) is 0 Å². The molecule has 0 aliphatic rings. The van der Waals surface area contributed by atoms with Gasteiger partial charge in [-0.1, -0.05) is 51.1 Å². The Morgan fingerprint density at radius 2 is 1.57 bits per heavy atom. The molecular weight excluding hydrogens is 316 g/mol. The van der Waals surface area contributed by atoms with E-state index < -0.39 is 20.6 Å². The summed E-state index contributed by atoms with van der Waals surface area (Å²) in [5, 5.41) is 11.1. The van der Waals surface area contributed by atoms with Gasteiger partial charge >= 0.3 is 0 Å². The Kier molecular flexibility index (Phi) is 4.42. The summed E-state index contributed by atoms with van der Waals surface area (Å²) in [5.74, 6) is 0. The van der Waals surface area contributed by atoms with Crippen molar-refractivity contribution in [1.29, 1.82) is 0 Å². The van der Waals surface area contributed by atoms with E-state index in [1.807, 2.05) is 32.9 Å². The van der Waals surface area contributed by atoms with Crippen molar-refractivity contribution in [2.24, 2.45) is 0 Å². The van der Waals surface area contributed by atoms with Gasteiger partial charge in [-0.05, 0) is 23.1 Å². The van der Waals surface area contributed by atoms with Crippen molar-refractivity contribution in [3.63, 3.8) is 0 Å². The number of nitrogens with zero attached hydrogens (tertiary/aromatic N) is 1. The van der Waals surface area contributed by atoms with Crippen molar-refractivity contribution < 1.29 is 13.3 Å². The van der Waals surface area contributed by atoms with E-state index in [-0.39, 0.29) is 10.3 Å². The smallest absolute Gasteiger partial charge is 0.279 e. The number of hydrogen-bond donors (Lipinski definition) is 1. The molecule has 122 valence electrons. The fraction of sp³-hybridized carbons (Fsp3) is 0.250. The van der Waals surface area contributed by atoms with Crippen LogP contribution in [0.15, 0.2) is 53.4 Å². The highest BCUT2D eigenvalue weighted by Crippen LogP contribution is 2.32. The van der Waals surface area contributed by atoms with Gasteiger partial charge in [-0.2, -0.15) is 0 Å². The summed E-state index contributed by atoms with van der Waals surface area (Å²) < 4.78 is 27.7. The fourth-order valence-corrected chi connectivity index (χ4v) is 3.51. The molecule has 0 heterocycles. The zero-order valence-electron chi connectivity index (χ0n) is 13.1. The van der Waals surface area contributed by atoms with Gasteiger partial charge in [0, 0.05) is 6.07 Å². The lowest BCUT2D eigenvalue weighted by Crippen LogP contribution is -2.19. The molecule has 0 saturated carbocycles. The largest absolute Gasteiger partial charge is 0.289 e. The summed E-state index contributed by atoms with van der Waals surface area (Å²) in [6, 6.07) is 12.3. The van der Waals surface area contributed by atoms with Gasteiger partial charge in [-0.3, -0.25) is 14.8 Å². The van der Waals surface area contributed by atoms with Crippen LogP contribution in [0.1, 0.15) is 26.3 Å². The average molecular weight is 334 g/mol. The van der Waals surface area contributed by atoms with Crippen LogP contribution in [0.4, 0.5) is 11.4 Å². The molecule has 23 heavy (non-hydrogen) atoms. The maximum absolute atomic E-state index is 12.6. The minimum atomic E-state index is -4.06. The van der Waals surface area contributed by atoms with Crippen molar-refractivity contribution in [2.75, 3.05) is 4.72 Å². The molecule has 7 heteroatoms. The first kappa shape index (κ1) is 17.0. The number of nitro benzene ring substituents is 1. The molecule has 0 bridgehead atoms. The number of nitrogens with one attached hydrogen (secondary N) is 1. The SMILES string of the molecule is CC(C)(C)c1ccccc1NS(=O)(=O)c1ccccc1[N+](=O)[O-]. The molecule has 0 fully saturated rings. The van der Waals surface area contributed by atoms with Crippen LogP contribution in [-0.2, 0) is 15.4 Å². The van der Waals surface area contributed by atoms with Crippen molar-refractivity contribution in [3.05, 3.63) is 64.2 Å². The summed E-state index contributed by atoms with van der Waals surface area (Å²) in [7, 11) is -4.06. The van der Waals surface area contributed by atoms with Gasteiger partial charge in [0.15, 0.2) is 4.90 Å². The third-order valence-corrected chi connectivity index (χ3v) is 4.74. The van der Waals surface area contributed by atoms with Crippen molar-refractivity contribution in [2.45, 2.75) is 31.1 Å². The number of hydrogen-bond acceptors (Lipinski definition) is 4. The minimum Gasteiger partial charge on any atom is -0.279 e. The Hall–Kier alpha value is -2.41. The van der Waals surface area contributed by atoms with Crippen LogP contribution >= 0.6 is 0 Å². The Morgan fingerprint density at radius 1 is 1.00 bits per heavy atom. The van der Waals surface area contributed by atoms with Crippen molar-refractivity contribution in [3.8, 4) is 0 Å². The molecule has 0 saturated heterocycles. The molecule has 2 aromatic carbocycles. The van der Waals surface area contributed by atoms with Gasteiger partial charge in [0.25, 0.3) is 15.7 Å². The molecule has 0 radical (unpaired) electrons. The van der Waals surface area contributed by atoms with Gasteiger partial charge < -0.3 is 0 Å². The highest BCUT2D eigenvalue weighted by Gasteiger charge is 2.27. The van der Waals surface area contributed by atoms with Gasteiger partial charge in [0.2, 0.25) is 0 Å². The second-order valence-corrected chi connectivity index (χ2v) is 7.78. The topological polar surface area (TPSA) is 89.3 Å². The van der Waals surface area contributed by atoms with Gasteiger partial charge in [-0.25, -0.2) is 8.42 Å². The molecule has 0 aliphatic carbocycles. The molecule has 2 aromatic rings. The van der Waals surface area contributed by atoms with Crippen LogP contribution in [-0.4, -0.2) is 13.3 Å². The Morgan fingerprint density at radius 3 is 2.17 bits per heavy atom. The predicted molar refractivity (Wildman–Crippen MR) is 89.0 cm³/mol. The summed E-state index contributed by atoms with van der Waals surface area (Å²) in [5.41, 5.74) is 0.496. The number of benzene rings is 2. The third-order valence-electron chi connectivity index (χ3n) is 3.33. The standard InChI is InChI=1S/C16H18N2O4S/c1-16(2,3)12-8-4-5-9-13(12)17-23(21,22)15-11-7-6-10-14(15)18(19)20/h4-11,17H,1-3H3. The molecule has 0 aromatic heterocycles. The molecule has 2 rings (SSSR count). The molecular formula is C16H18N2O4S. The van der Waals surface area contributed by atoms with Gasteiger partial charge in [0.05, 0.1) is 10.6 Å². The average Bonchev–Trinajstić information content (AvgIpc) is 2.46. The van der Waals surface area contributed by atoms with Crippen LogP contribution in [0.2, 0.25) is 0 Å². The zero-order chi connectivity index (χ0) is 17.3. The second kappa shape index (κ2) is 6.00. The van der Waals surface area contributed by atoms with E-state index in [4.69, 9.17) is 0 Å². The second-order valence-electron chi connectivity index (χ2n) is 6.13. The maximum atomic E-state index is 12.6. The molecule has 6 nitrogen and oxygen atoms in total. The lowest BCUT2D eigenvalue weighted by atomic mass is 9.86. The van der Waals surface area contributed by atoms with Crippen LogP contribution in [0.25, 0.3) is 0 Å². The molecule has 0 spiro atoms. The fourth-order valence-electron chi connectivity index (χ4n) is 2.26. The summed E-state index contributed by atoms with van der Waals surface area (Å²) >= 11 is 0. The zero-order valence-corrected chi connectivity index (χ0v) is 13.9. The molecule has 1 N–H and O–H groups in total. The summed E-state index contributed by atoms with van der Waals surface area (Å²) in [6.45, 7) is 5.89. The van der Waals surface area contributed by atoms with E-state index in [1.165, 1.54) is 24.3 Å². The lowest BCUT2D eigenvalue weighted by Gasteiger charge is -2.23. The van der Waals surface area contributed by atoms with E-state index in [0.717, 1.165) is 5.56 Å². The van der Waals surface area contributed by atoms with E-state index in [1.54, 1.807) is 12.1 Å². The van der Waals surface area contributed by atoms with E-state index in [9.17, 15) is 18.5 Å². The van der Waals surface area contributed by atoms with Gasteiger partial charge in [-0.15, -0.1) is 0 Å². The number of sulfonamides is 1. The molecule has 0 atom stereocenters. The van der Waals surface area contributed by atoms with E-state index >= 15 is 0 Å². The normalized spacial score (nSPS) is 12.0. The van der Waals surface area contributed by atoms with Crippen molar-refractivity contribution >= 4 is 21.4 Å². The highest BCUT2D eigenvalue weighted by molar-refractivity contribution is 7.92. The molecule has 0 amide bonds. The highest BCUT2D eigenvalue weighted by atomic mass is 32.2. The Balaban J connectivity index is 2.51. The number of para-hydroxylation sites is 2. The first-order valence-electron chi connectivity index (χ1n) is 6.99. The number of rotatable bonds is 4. The molecule has 0 aliphatic heterocycles.